The lowest BCUT2D eigenvalue weighted by molar-refractivity contribution is 1.41. The van der Waals surface area contributed by atoms with Crippen molar-refractivity contribution < 1.29 is 0 Å². The molecule has 0 unspecified atom stereocenters. The predicted molar refractivity (Wildman–Crippen MR) is 100 cm³/mol. The number of aromatic nitrogens is 1. The quantitative estimate of drug-likeness (QED) is 0.368. The highest BCUT2D eigenvalue weighted by Crippen LogP contribution is 2.26. The number of hydrogen-bond acceptors (Lipinski definition) is 2. The molecule has 0 atom stereocenters. The molecule has 0 saturated heterocycles. The number of nitrogen functional groups attached to an aromatic ring is 2. The maximum Gasteiger partial charge on any atom is 0.123 e. The summed E-state index contributed by atoms with van der Waals surface area (Å²) in [6.45, 7) is 0. The summed E-state index contributed by atoms with van der Waals surface area (Å²) >= 11 is 0. The molecule has 3 rings (SSSR count). The minimum atomic E-state index is 0. The molecule has 0 amide bonds. The summed E-state index contributed by atoms with van der Waals surface area (Å²) in [6.07, 6.45) is 0. The highest BCUT2D eigenvalue weighted by atomic mass is 35.5. The van der Waals surface area contributed by atoms with E-state index >= 15 is 0 Å². The Morgan fingerprint density at radius 2 is 1.52 bits per heavy atom. The first-order valence-corrected chi connectivity index (χ1v) is 6.47. The fraction of sp³-hybridized carbons (Fsp3) is 0. The highest BCUT2D eigenvalue weighted by molar-refractivity contribution is 6.08. The van der Waals surface area contributed by atoms with E-state index in [4.69, 9.17) is 22.3 Å². The minimum absolute atomic E-state index is 0. The molecule has 0 aliphatic rings. The Morgan fingerprint density at radius 1 is 0.870 bits per heavy atom. The maximum absolute atomic E-state index is 7.63. The third-order valence-corrected chi connectivity index (χ3v) is 3.46. The van der Waals surface area contributed by atoms with Gasteiger partial charge in [-0.1, -0.05) is 36.4 Å². The third-order valence-electron chi connectivity index (χ3n) is 3.46. The number of aromatic amines is 1. The van der Waals surface area contributed by atoms with E-state index in [9.17, 15) is 0 Å². The summed E-state index contributed by atoms with van der Waals surface area (Å²) in [5, 5.41) is 16.0. The number of nitrogens with two attached hydrogens (primary N) is 2. The van der Waals surface area contributed by atoms with Crippen molar-refractivity contribution in [3.8, 4) is 11.3 Å². The third kappa shape index (κ3) is 3.47. The van der Waals surface area contributed by atoms with Crippen LogP contribution in [0.15, 0.2) is 48.5 Å². The van der Waals surface area contributed by atoms with Gasteiger partial charge in [-0.2, -0.15) is 0 Å². The molecule has 0 aliphatic carbocycles. The number of fused-ring (bicyclic) bond motifs is 1. The molecule has 0 aliphatic heterocycles. The molecule has 0 fully saturated rings. The lowest BCUT2D eigenvalue weighted by Gasteiger charge is -2.00. The molecule has 23 heavy (non-hydrogen) atoms. The normalized spacial score (nSPS) is 9.74. The van der Waals surface area contributed by atoms with Gasteiger partial charge in [-0.3, -0.25) is 10.8 Å². The molecule has 7 N–H and O–H groups in total. The lowest BCUT2D eigenvalue weighted by Crippen LogP contribution is -2.10. The summed E-state index contributed by atoms with van der Waals surface area (Å²) in [7, 11) is 0. The van der Waals surface area contributed by atoms with Crippen molar-refractivity contribution >= 4 is 47.4 Å². The monoisotopic (exact) mass is 349 g/mol. The largest absolute Gasteiger partial charge is 0.384 e. The van der Waals surface area contributed by atoms with Gasteiger partial charge in [0.05, 0.1) is 0 Å². The zero-order valence-electron chi connectivity index (χ0n) is 12.1. The van der Waals surface area contributed by atoms with Crippen molar-refractivity contribution in [1.82, 2.24) is 4.98 Å². The van der Waals surface area contributed by atoms with Gasteiger partial charge in [-0.15, -0.1) is 24.8 Å². The fourth-order valence-corrected chi connectivity index (χ4v) is 2.37. The van der Waals surface area contributed by atoms with Crippen LogP contribution in [0, 0.1) is 10.8 Å². The van der Waals surface area contributed by atoms with Crippen LogP contribution in [0.1, 0.15) is 11.1 Å². The van der Waals surface area contributed by atoms with Crippen LogP contribution in [-0.4, -0.2) is 16.7 Å². The van der Waals surface area contributed by atoms with Crippen molar-refractivity contribution in [3.05, 3.63) is 59.7 Å². The number of rotatable bonds is 3. The van der Waals surface area contributed by atoms with E-state index in [1.54, 1.807) is 0 Å². The van der Waals surface area contributed by atoms with E-state index in [-0.39, 0.29) is 36.5 Å². The summed E-state index contributed by atoms with van der Waals surface area (Å²) in [5.41, 5.74) is 15.3. The molecule has 2 aromatic carbocycles. The highest BCUT2D eigenvalue weighted by Gasteiger charge is 2.08. The number of benzene rings is 2. The smallest absolute Gasteiger partial charge is 0.123 e. The fourth-order valence-electron chi connectivity index (χ4n) is 2.37. The molecular formula is C16H17Cl2N5. The molecular weight excluding hydrogens is 333 g/mol. The second-order valence-corrected chi connectivity index (χ2v) is 4.85. The van der Waals surface area contributed by atoms with Crippen molar-refractivity contribution in [2.45, 2.75) is 0 Å². The summed E-state index contributed by atoms with van der Waals surface area (Å²) in [6, 6.07) is 15.1. The van der Waals surface area contributed by atoms with Crippen molar-refractivity contribution in [1.29, 1.82) is 10.8 Å². The van der Waals surface area contributed by atoms with Gasteiger partial charge in [0, 0.05) is 27.7 Å². The Balaban J connectivity index is 0.00000132. The van der Waals surface area contributed by atoms with E-state index < -0.39 is 0 Å². The minimum Gasteiger partial charge on any atom is -0.384 e. The zero-order chi connectivity index (χ0) is 15.0. The van der Waals surface area contributed by atoms with Gasteiger partial charge in [-0.25, -0.2) is 0 Å². The Morgan fingerprint density at radius 3 is 2.09 bits per heavy atom. The topological polar surface area (TPSA) is 116 Å². The van der Waals surface area contributed by atoms with Gasteiger partial charge in [0.2, 0.25) is 0 Å². The molecule has 120 valence electrons. The van der Waals surface area contributed by atoms with Gasteiger partial charge < -0.3 is 16.5 Å². The van der Waals surface area contributed by atoms with E-state index in [2.05, 4.69) is 4.98 Å². The predicted octanol–water partition coefficient (Wildman–Crippen LogP) is 3.25. The number of H-pyrrole nitrogens is 1. The summed E-state index contributed by atoms with van der Waals surface area (Å²) in [5.74, 6) is 0.107. The van der Waals surface area contributed by atoms with Crippen LogP contribution in [0.2, 0.25) is 0 Å². The van der Waals surface area contributed by atoms with Gasteiger partial charge >= 0.3 is 0 Å². The van der Waals surface area contributed by atoms with Crippen molar-refractivity contribution in [3.63, 3.8) is 0 Å². The summed E-state index contributed by atoms with van der Waals surface area (Å²) in [4.78, 5) is 3.32. The first kappa shape index (κ1) is 18.5. The van der Waals surface area contributed by atoms with E-state index in [1.807, 2.05) is 48.5 Å². The molecule has 7 heteroatoms. The average Bonchev–Trinajstić information content (AvgIpc) is 2.90. The van der Waals surface area contributed by atoms with Crippen LogP contribution in [0.4, 0.5) is 0 Å². The van der Waals surface area contributed by atoms with Gasteiger partial charge in [-0.05, 0) is 17.7 Å². The molecule has 3 aromatic rings. The number of amidine groups is 2. The first-order valence-electron chi connectivity index (χ1n) is 6.47. The maximum atomic E-state index is 7.63. The summed E-state index contributed by atoms with van der Waals surface area (Å²) < 4.78 is 0. The number of nitrogens with one attached hydrogen (secondary N) is 3. The average molecular weight is 350 g/mol. The molecule has 0 bridgehead atoms. The molecule has 0 spiro atoms. The van der Waals surface area contributed by atoms with Crippen molar-refractivity contribution in [2.75, 3.05) is 0 Å². The number of halogens is 2. The molecule has 1 heterocycles. The van der Waals surface area contributed by atoms with Gasteiger partial charge in [0.25, 0.3) is 0 Å². The van der Waals surface area contributed by atoms with Crippen molar-refractivity contribution in [2.24, 2.45) is 11.5 Å². The Labute approximate surface area is 145 Å². The number of hydrogen-bond donors (Lipinski definition) is 5. The second kappa shape index (κ2) is 7.17. The SMILES string of the molecule is Cl.Cl.N=C(N)c1ccc(-c2cc3c(C(=N)N)cccc3[nH]2)cc1. The van der Waals surface area contributed by atoms with Crippen LogP contribution < -0.4 is 11.5 Å². The second-order valence-electron chi connectivity index (χ2n) is 4.85. The van der Waals surface area contributed by atoms with Gasteiger partial charge in [0.1, 0.15) is 11.7 Å². The van der Waals surface area contributed by atoms with Crippen LogP contribution in [-0.2, 0) is 0 Å². The molecule has 0 radical (unpaired) electrons. The van der Waals surface area contributed by atoms with E-state index in [1.165, 1.54) is 0 Å². The molecule has 1 aromatic heterocycles. The lowest BCUT2D eigenvalue weighted by atomic mass is 10.1. The first-order chi connectivity index (χ1) is 10.1. The van der Waals surface area contributed by atoms with Crippen LogP contribution in [0.3, 0.4) is 0 Å². The van der Waals surface area contributed by atoms with E-state index in [0.717, 1.165) is 27.7 Å². The Hall–Kier alpha value is -2.50. The zero-order valence-corrected chi connectivity index (χ0v) is 13.7. The Bertz CT molecular complexity index is 853. The molecule has 5 nitrogen and oxygen atoms in total. The van der Waals surface area contributed by atoms with E-state index in [0.29, 0.717) is 5.56 Å². The molecule has 0 saturated carbocycles. The van der Waals surface area contributed by atoms with Crippen LogP contribution >= 0.6 is 24.8 Å². The van der Waals surface area contributed by atoms with Crippen LogP contribution in [0.25, 0.3) is 22.2 Å². The van der Waals surface area contributed by atoms with Crippen LogP contribution in [0.5, 0.6) is 0 Å². The standard InChI is InChI=1S/C16H15N5.2ClH/c17-15(18)10-6-4-9(5-7-10)14-8-12-11(16(19)20)2-1-3-13(12)21-14;;/h1-8,21H,(H3,17,18)(H3,19,20);2*1H. The van der Waals surface area contributed by atoms with Gasteiger partial charge in [0.15, 0.2) is 0 Å². The Kier molecular flexibility index (Phi) is 5.79.